The molecule has 0 aromatic heterocycles. The van der Waals surface area contributed by atoms with Crippen molar-refractivity contribution in [1.82, 2.24) is 0 Å². The van der Waals surface area contributed by atoms with Crippen LogP contribution in [0.2, 0.25) is 0 Å². The lowest BCUT2D eigenvalue weighted by Crippen LogP contribution is -2.52. The second kappa shape index (κ2) is 5.71. The Kier molecular flexibility index (Phi) is 3.97. The van der Waals surface area contributed by atoms with Crippen LogP contribution in [0.25, 0.3) is 0 Å². The average Bonchev–Trinajstić information content (AvgIpc) is 2.81. The van der Waals surface area contributed by atoms with Gasteiger partial charge < -0.3 is 5.11 Å². The van der Waals surface area contributed by atoms with Gasteiger partial charge in [0, 0.05) is 12.3 Å². The van der Waals surface area contributed by atoms with Crippen molar-refractivity contribution < 1.29 is 9.90 Å². The summed E-state index contributed by atoms with van der Waals surface area (Å²) in [5, 5.41) is 11.2. The van der Waals surface area contributed by atoms with Gasteiger partial charge in [-0.1, -0.05) is 32.3 Å². The molecule has 2 nitrogen and oxygen atoms in total. The molecule has 3 fully saturated rings. The Hall–Kier alpha value is -1.07. The average molecular weight is 341 g/mol. The Balaban J connectivity index is 1.73. The van der Waals surface area contributed by atoms with E-state index in [4.69, 9.17) is 0 Å². The molecule has 0 aromatic rings. The summed E-state index contributed by atoms with van der Waals surface area (Å²) in [6, 6.07) is 0. The SMILES string of the molecule is CC#CC1(O)C[C@@H](C)C2C3C(CCC21)C1(C)CCC(=O)C=C1C[C@H]3C. The normalized spacial score (nSPS) is 51.6. The highest BCUT2D eigenvalue weighted by Crippen LogP contribution is 2.65. The minimum Gasteiger partial charge on any atom is -0.377 e. The Morgan fingerprint density at radius 3 is 2.56 bits per heavy atom. The molecule has 6 unspecified atom stereocenters. The van der Waals surface area contributed by atoms with Crippen LogP contribution in [0.4, 0.5) is 0 Å². The summed E-state index contributed by atoms with van der Waals surface area (Å²) in [5.41, 5.74) is 0.848. The number of hydrogen-bond donors (Lipinski definition) is 1. The van der Waals surface area contributed by atoms with Crippen LogP contribution in [-0.4, -0.2) is 16.5 Å². The largest absolute Gasteiger partial charge is 0.377 e. The van der Waals surface area contributed by atoms with Crippen LogP contribution in [0.1, 0.15) is 66.2 Å². The first-order chi connectivity index (χ1) is 11.8. The molecule has 8 atom stereocenters. The molecular weight excluding hydrogens is 308 g/mol. The molecule has 0 heterocycles. The fourth-order valence-electron chi connectivity index (χ4n) is 7.44. The molecule has 1 N–H and O–H groups in total. The zero-order valence-electron chi connectivity index (χ0n) is 16.1. The van der Waals surface area contributed by atoms with Gasteiger partial charge in [-0.25, -0.2) is 0 Å². The number of carbonyl (C=O) groups excluding carboxylic acids is 1. The van der Waals surface area contributed by atoms with E-state index in [9.17, 15) is 9.90 Å². The van der Waals surface area contributed by atoms with Gasteiger partial charge in [-0.2, -0.15) is 0 Å². The number of hydrogen-bond acceptors (Lipinski definition) is 2. The quantitative estimate of drug-likeness (QED) is 0.665. The first kappa shape index (κ1) is 17.3. The topological polar surface area (TPSA) is 37.3 Å². The lowest BCUT2D eigenvalue weighted by Gasteiger charge is -2.58. The van der Waals surface area contributed by atoms with E-state index in [1.165, 1.54) is 12.0 Å². The molecule has 4 aliphatic rings. The van der Waals surface area contributed by atoms with Crippen molar-refractivity contribution >= 4 is 5.78 Å². The molecule has 2 heteroatoms. The molecule has 0 amide bonds. The molecule has 4 aliphatic carbocycles. The van der Waals surface area contributed by atoms with Gasteiger partial charge in [-0.15, -0.1) is 5.92 Å². The Labute approximate surface area is 152 Å². The van der Waals surface area contributed by atoms with Crippen LogP contribution < -0.4 is 0 Å². The van der Waals surface area contributed by atoms with E-state index >= 15 is 0 Å². The maximum absolute atomic E-state index is 12.0. The van der Waals surface area contributed by atoms with Gasteiger partial charge in [0.05, 0.1) is 0 Å². The summed E-state index contributed by atoms with van der Waals surface area (Å²) >= 11 is 0. The van der Waals surface area contributed by atoms with Crippen LogP contribution in [0.5, 0.6) is 0 Å². The van der Waals surface area contributed by atoms with Crippen molar-refractivity contribution in [3.63, 3.8) is 0 Å². The zero-order valence-corrected chi connectivity index (χ0v) is 16.1. The number of rotatable bonds is 0. The molecule has 136 valence electrons. The van der Waals surface area contributed by atoms with Crippen LogP contribution >= 0.6 is 0 Å². The molecule has 25 heavy (non-hydrogen) atoms. The predicted molar refractivity (Wildman–Crippen MR) is 99.6 cm³/mol. The van der Waals surface area contributed by atoms with Gasteiger partial charge >= 0.3 is 0 Å². The van der Waals surface area contributed by atoms with E-state index in [2.05, 4.69) is 32.6 Å². The van der Waals surface area contributed by atoms with Crippen molar-refractivity contribution in [2.45, 2.75) is 71.8 Å². The summed E-state index contributed by atoms with van der Waals surface area (Å²) in [6.45, 7) is 8.99. The second-order valence-electron chi connectivity index (χ2n) is 9.66. The highest BCUT2D eigenvalue weighted by Gasteiger charge is 2.61. The maximum Gasteiger partial charge on any atom is 0.155 e. The number of carbonyl (C=O) groups is 1. The molecular formula is C23H32O2. The Morgan fingerprint density at radius 2 is 1.84 bits per heavy atom. The molecule has 0 spiro atoms. The molecule has 3 saturated carbocycles. The predicted octanol–water partition coefficient (Wildman–Crippen LogP) is 4.37. The smallest absolute Gasteiger partial charge is 0.155 e. The van der Waals surface area contributed by atoms with Crippen molar-refractivity contribution in [2.75, 3.05) is 0 Å². The summed E-state index contributed by atoms with van der Waals surface area (Å²) in [5.74, 6) is 9.88. The van der Waals surface area contributed by atoms with Crippen molar-refractivity contribution in [2.24, 2.45) is 40.9 Å². The van der Waals surface area contributed by atoms with Crippen LogP contribution in [0, 0.1) is 52.8 Å². The number of fused-ring (bicyclic) bond motifs is 5. The third kappa shape index (κ3) is 2.38. The van der Waals surface area contributed by atoms with E-state index in [1.54, 1.807) is 0 Å². The molecule has 0 radical (unpaired) electrons. The van der Waals surface area contributed by atoms with Gasteiger partial charge in [0.25, 0.3) is 0 Å². The third-order valence-corrected chi connectivity index (χ3v) is 8.38. The first-order valence-corrected chi connectivity index (χ1v) is 10.2. The summed E-state index contributed by atoms with van der Waals surface area (Å²) in [7, 11) is 0. The Bertz CT molecular complexity index is 680. The van der Waals surface area contributed by atoms with E-state index < -0.39 is 5.60 Å². The second-order valence-corrected chi connectivity index (χ2v) is 9.66. The first-order valence-electron chi connectivity index (χ1n) is 10.2. The lowest BCUT2D eigenvalue weighted by molar-refractivity contribution is -0.118. The highest BCUT2D eigenvalue weighted by molar-refractivity contribution is 5.91. The van der Waals surface area contributed by atoms with Gasteiger partial charge in [-0.05, 0) is 80.1 Å². The van der Waals surface area contributed by atoms with E-state index in [0.717, 1.165) is 25.7 Å². The third-order valence-electron chi connectivity index (χ3n) is 8.38. The van der Waals surface area contributed by atoms with Gasteiger partial charge in [0.15, 0.2) is 5.78 Å². The standard InChI is InChI=1S/C23H32O2/c1-5-9-23(25)13-15(3)21-19(23)7-6-18-20(21)14(2)11-16-12-17(24)8-10-22(16,18)4/h12,14-15,18-21,25H,6-8,10-11,13H2,1-4H3/t14-,15-,18?,19?,20?,21?,22?,23?/m1/s1. The van der Waals surface area contributed by atoms with Crippen molar-refractivity contribution in [1.29, 1.82) is 0 Å². The van der Waals surface area contributed by atoms with Crippen LogP contribution in [0.3, 0.4) is 0 Å². The molecule has 0 saturated heterocycles. The minimum atomic E-state index is -0.775. The fourth-order valence-corrected chi connectivity index (χ4v) is 7.44. The number of ketones is 1. The lowest BCUT2D eigenvalue weighted by atomic mass is 9.46. The highest BCUT2D eigenvalue weighted by atomic mass is 16.3. The van der Waals surface area contributed by atoms with Crippen molar-refractivity contribution in [3.05, 3.63) is 11.6 Å². The Morgan fingerprint density at radius 1 is 1.16 bits per heavy atom. The fraction of sp³-hybridized carbons (Fsp3) is 0.783. The van der Waals surface area contributed by atoms with Crippen LogP contribution in [0.15, 0.2) is 11.6 Å². The summed E-state index contributed by atoms with van der Waals surface area (Å²) < 4.78 is 0. The minimum absolute atomic E-state index is 0.201. The molecule has 0 aromatic carbocycles. The van der Waals surface area contributed by atoms with E-state index in [-0.39, 0.29) is 5.41 Å². The van der Waals surface area contributed by atoms with E-state index in [1.807, 2.05) is 13.0 Å². The zero-order chi connectivity index (χ0) is 18.0. The van der Waals surface area contributed by atoms with Crippen molar-refractivity contribution in [3.8, 4) is 11.8 Å². The summed E-state index contributed by atoms with van der Waals surface area (Å²) in [6.07, 6.45) is 7.89. The molecule has 0 bridgehead atoms. The van der Waals surface area contributed by atoms with Gasteiger partial charge in [-0.3, -0.25) is 4.79 Å². The van der Waals surface area contributed by atoms with E-state index in [0.29, 0.717) is 47.7 Å². The van der Waals surface area contributed by atoms with Gasteiger partial charge in [0.2, 0.25) is 0 Å². The maximum atomic E-state index is 12.0. The molecule has 0 aliphatic heterocycles. The number of aliphatic hydroxyl groups is 1. The van der Waals surface area contributed by atoms with Crippen LogP contribution in [-0.2, 0) is 4.79 Å². The monoisotopic (exact) mass is 340 g/mol. The molecule has 4 rings (SSSR count). The van der Waals surface area contributed by atoms with Gasteiger partial charge in [0.1, 0.15) is 5.60 Å². The summed E-state index contributed by atoms with van der Waals surface area (Å²) in [4.78, 5) is 12.0. The number of allylic oxidation sites excluding steroid dienone is 1.